The van der Waals surface area contributed by atoms with Crippen LogP contribution in [0.5, 0.6) is 0 Å². The molecule has 0 atom stereocenters. The third-order valence-electron chi connectivity index (χ3n) is 4.87. The van der Waals surface area contributed by atoms with Crippen molar-refractivity contribution in [3.05, 3.63) is 96.7 Å². The van der Waals surface area contributed by atoms with E-state index in [1.807, 2.05) is 24.3 Å². The molecule has 0 aliphatic heterocycles. The van der Waals surface area contributed by atoms with Gasteiger partial charge in [0.05, 0.1) is 4.70 Å². The molecule has 0 amide bonds. The molecule has 0 spiro atoms. The van der Waals surface area contributed by atoms with Gasteiger partial charge < -0.3 is 0 Å². The minimum absolute atomic E-state index is 0.819. The highest BCUT2D eigenvalue weighted by atomic mass is 32.1. The van der Waals surface area contributed by atoms with Crippen LogP contribution in [-0.2, 0) is 0 Å². The van der Waals surface area contributed by atoms with Crippen LogP contribution >= 0.6 is 11.3 Å². The van der Waals surface area contributed by atoms with E-state index in [1.54, 1.807) is 11.3 Å². The van der Waals surface area contributed by atoms with E-state index in [0.717, 1.165) is 26.6 Å². The van der Waals surface area contributed by atoms with Crippen LogP contribution in [0.15, 0.2) is 91.0 Å². The van der Waals surface area contributed by atoms with Gasteiger partial charge in [-0.1, -0.05) is 91.0 Å². The highest BCUT2D eigenvalue weighted by Gasteiger charge is 2.19. The molecule has 5 aromatic rings. The maximum atomic E-state index is 4.88. The summed E-state index contributed by atoms with van der Waals surface area (Å²) in [5.74, 6) is 0. The molecule has 2 heterocycles. The van der Waals surface area contributed by atoms with E-state index in [0.29, 0.717) is 0 Å². The highest BCUT2D eigenvalue weighted by Crippen LogP contribution is 2.43. The summed E-state index contributed by atoms with van der Waals surface area (Å²) >= 11 is 1.72. The zero-order valence-electron chi connectivity index (χ0n) is 15.5. The monoisotopic (exact) mass is 378 g/mol. The van der Waals surface area contributed by atoms with Crippen molar-refractivity contribution in [1.29, 1.82) is 0 Å². The van der Waals surface area contributed by atoms with Crippen LogP contribution in [-0.4, -0.2) is 9.97 Å². The van der Waals surface area contributed by atoms with Gasteiger partial charge >= 0.3 is 0 Å². The van der Waals surface area contributed by atoms with Gasteiger partial charge in [-0.3, -0.25) is 0 Å². The lowest BCUT2D eigenvalue weighted by molar-refractivity contribution is 1.22. The van der Waals surface area contributed by atoms with E-state index in [2.05, 4.69) is 73.7 Å². The quantitative estimate of drug-likeness (QED) is 0.338. The van der Waals surface area contributed by atoms with E-state index >= 15 is 0 Å². The zero-order chi connectivity index (χ0) is 18.9. The molecule has 0 aliphatic rings. The maximum absolute atomic E-state index is 4.88. The Morgan fingerprint density at radius 1 is 0.571 bits per heavy atom. The molecule has 0 saturated carbocycles. The molecule has 3 aromatic carbocycles. The van der Waals surface area contributed by atoms with Gasteiger partial charge in [0, 0.05) is 22.4 Å². The Balaban J connectivity index is 1.86. The lowest BCUT2D eigenvalue weighted by atomic mass is 9.94. The van der Waals surface area contributed by atoms with Crippen molar-refractivity contribution in [2.24, 2.45) is 0 Å². The SMILES string of the molecule is Cc1nc2nc(-c3ccccc3)sc2c(-c2ccccc2)c1-c1ccccc1. The van der Waals surface area contributed by atoms with E-state index in [-0.39, 0.29) is 0 Å². The fourth-order valence-electron chi connectivity index (χ4n) is 3.60. The average Bonchev–Trinajstić information content (AvgIpc) is 3.18. The molecule has 2 aromatic heterocycles. The molecule has 0 radical (unpaired) electrons. The molecule has 28 heavy (non-hydrogen) atoms. The van der Waals surface area contributed by atoms with Crippen LogP contribution in [0.1, 0.15) is 5.69 Å². The molecule has 3 heteroatoms. The fraction of sp³-hybridized carbons (Fsp3) is 0.0400. The number of hydrogen-bond acceptors (Lipinski definition) is 3. The minimum Gasteiger partial charge on any atom is -0.232 e. The third-order valence-corrected chi connectivity index (χ3v) is 5.98. The number of pyridine rings is 1. The molecule has 5 rings (SSSR count). The number of benzene rings is 3. The smallest absolute Gasteiger partial charge is 0.171 e. The van der Waals surface area contributed by atoms with Gasteiger partial charge in [-0.15, -0.1) is 11.3 Å². The molecular formula is C25H18N2S. The summed E-state index contributed by atoms with van der Waals surface area (Å²) in [6.07, 6.45) is 0. The highest BCUT2D eigenvalue weighted by molar-refractivity contribution is 7.22. The fourth-order valence-corrected chi connectivity index (χ4v) is 4.69. The number of rotatable bonds is 3. The lowest BCUT2D eigenvalue weighted by Crippen LogP contribution is -1.94. The van der Waals surface area contributed by atoms with E-state index in [4.69, 9.17) is 9.97 Å². The Hall–Kier alpha value is -3.30. The van der Waals surface area contributed by atoms with Crippen molar-refractivity contribution in [3.63, 3.8) is 0 Å². The molecule has 0 aliphatic carbocycles. The first kappa shape index (κ1) is 16.8. The van der Waals surface area contributed by atoms with Crippen LogP contribution in [0.3, 0.4) is 0 Å². The van der Waals surface area contributed by atoms with Crippen molar-refractivity contribution >= 4 is 21.7 Å². The Bertz CT molecular complexity index is 1240. The number of thiazole rings is 1. The summed E-state index contributed by atoms with van der Waals surface area (Å²) in [6.45, 7) is 2.08. The Morgan fingerprint density at radius 2 is 1.07 bits per heavy atom. The van der Waals surface area contributed by atoms with Crippen molar-refractivity contribution in [3.8, 4) is 32.8 Å². The Morgan fingerprint density at radius 3 is 1.64 bits per heavy atom. The minimum atomic E-state index is 0.819. The van der Waals surface area contributed by atoms with E-state index in [1.165, 1.54) is 22.3 Å². The second-order valence-electron chi connectivity index (χ2n) is 6.72. The average molecular weight is 379 g/mol. The zero-order valence-corrected chi connectivity index (χ0v) is 16.3. The van der Waals surface area contributed by atoms with E-state index in [9.17, 15) is 0 Å². The summed E-state index contributed by atoms with van der Waals surface area (Å²) in [5.41, 5.74) is 7.73. The van der Waals surface area contributed by atoms with Gasteiger partial charge in [0.15, 0.2) is 5.65 Å². The molecule has 0 saturated heterocycles. The maximum Gasteiger partial charge on any atom is 0.171 e. The predicted octanol–water partition coefficient (Wildman–Crippen LogP) is 7.00. The summed E-state index contributed by atoms with van der Waals surface area (Å²) in [5, 5.41) is 1.00. The first-order valence-corrected chi connectivity index (χ1v) is 10.1. The summed E-state index contributed by atoms with van der Waals surface area (Å²) in [4.78, 5) is 9.76. The normalized spacial score (nSPS) is 11.0. The Labute approximate surface area is 168 Å². The number of fused-ring (bicyclic) bond motifs is 1. The number of hydrogen-bond donors (Lipinski definition) is 0. The lowest BCUT2D eigenvalue weighted by Gasteiger charge is -2.13. The van der Waals surface area contributed by atoms with Crippen molar-refractivity contribution < 1.29 is 0 Å². The van der Waals surface area contributed by atoms with Gasteiger partial charge in [-0.2, -0.15) is 0 Å². The van der Waals surface area contributed by atoms with Gasteiger partial charge in [-0.25, -0.2) is 9.97 Å². The standard InChI is InChI=1S/C25H18N2S/c1-17-21(18-11-5-2-6-12-18)22(19-13-7-3-8-14-19)23-24(26-17)27-25(28-23)20-15-9-4-10-16-20/h2-16H,1H3. The number of aryl methyl sites for hydroxylation is 1. The van der Waals surface area contributed by atoms with Crippen LogP contribution in [0.25, 0.3) is 43.2 Å². The summed E-state index contributed by atoms with van der Waals surface area (Å²) in [7, 11) is 0. The first-order valence-electron chi connectivity index (χ1n) is 9.28. The first-order chi connectivity index (χ1) is 13.8. The largest absolute Gasteiger partial charge is 0.232 e. The summed E-state index contributed by atoms with van der Waals surface area (Å²) in [6, 6.07) is 31.4. The van der Waals surface area contributed by atoms with Crippen LogP contribution < -0.4 is 0 Å². The molecule has 2 nitrogen and oxygen atoms in total. The Kier molecular flexibility index (Phi) is 4.22. The van der Waals surface area contributed by atoms with Crippen LogP contribution in [0.4, 0.5) is 0 Å². The van der Waals surface area contributed by atoms with Crippen molar-refractivity contribution in [1.82, 2.24) is 9.97 Å². The predicted molar refractivity (Wildman–Crippen MR) is 118 cm³/mol. The molecular weight excluding hydrogens is 360 g/mol. The molecule has 0 fully saturated rings. The van der Waals surface area contributed by atoms with Gasteiger partial charge in [0.25, 0.3) is 0 Å². The van der Waals surface area contributed by atoms with Crippen molar-refractivity contribution in [2.45, 2.75) is 6.92 Å². The summed E-state index contributed by atoms with van der Waals surface area (Å²) < 4.78 is 1.13. The van der Waals surface area contributed by atoms with Crippen LogP contribution in [0, 0.1) is 6.92 Å². The topological polar surface area (TPSA) is 25.8 Å². The molecule has 134 valence electrons. The van der Waals surface area contributed by atoms with Gasteiger partial charge in [0.2, 0.25) is 0 Å². The molecule has 0 unspecified atom stereocenters. The second-order valence-corrected chi connectivity index (χ2v) is 7.72. The molecule has 0 N–H and O–H groups in total. The second kappa shape index (κ2) is 7.02. The van der Waals surface area contributed by atoms with Gasteiger partial charge in [-0.05, 0) is 18.1 Å². The van der Waals surface area contributed by atoms with Gasteiger partial charge in [0.1, 0.15) is 5.01 Å². The van der Waals surface area contributed by atoms with E-state index < -0.39 is 0 Å². The number of aromatic nitrogens is 2. The third kappa shape index (κ3) is 2.90. The van der Waals surface area contributed by atoms with Crippen LogP contribution in [0.2, 0.25) is 0 Å². The van der Waals surface area contributed by atoms with Crippen molar-refractivity contribution in [2.75, 3.05) is 0 Å². The number of nitrogens with zero attached hydrogens (tertiary/aromatic N) is 2. The molecule has 0 bridgehead atoms.